The number of hydrogen-bond donors (Lipinski definition) is 0. The van der Waals surface area contributed by atoms with E-state index in [2.05, 4.69) is 79.7 Å². The van der Waals surface area contributed by atoms with E-state index < -0.39 is 50.1 Å². The van der Waals surface area contributed by atoms with E-state index in [1.807, 2.05) is 72.8 Å². The highest BCUT2D eigenvalue weighted by molar-refractivity contribution is 6.63. The molecule has 32 bridgehead atoms. The van der Waals surface area contributed by atoms with Crippen molar-refractivity contribution >= 4 is 50.3 Å². The first-order valence-corrected chi connectivity index (χ1v) is 34.1. The van der Waals surface area contributed by atoms with Gasteiger partial charge in [-0.3, -0.25) is 0 Å². The summed E-state index contributed by atoms with van der Waals surface area (Å²) in [6.45, 7) is 22.5. The van der Waals surface area contributed by atoms with Crippen LogP contribution in [0.4, 0.5) is 0 Å². The van der Waals surface area contributed by atoms with Gasteiger partial charge in [0.25, 0.3) is 0 Å². The Morgan fingerprint density at radius 3 is 0.646 bits per heavy atom. The first kappa shape index (κ1) is 63.0. The van der Waals surface area contributed by atoms with E-state index in [1.54, 1.807) is 0 Å². The normalized spacial score (nSPS) is 28.2. The van der Waals surface area contributed by atoms with E-state index >= 15 is 0 Å². The summed E-state index contributed by atoms with van der Waals surface area (Å²) in [6.07, 6.45) is -2.35. The molecule has 39 aliphatic heterocycles. The highest BCUT2D eigenvalue weighted by atomic mass is 16.7. The Labute approximate surface area is 561 Å². The molecule has 0 unspecified atom stereocenters. The third-order valence-electron chi connectivity index (χ3n) is 21.4. The lowest BCUT2D eigenvalue weighted by Crippen LogP contribution is -2.37. The highest BCUT2D eigenvalue weighted by Crippen LogP contribution is 2.60. The Morgan fingerprint density at radius 1 is 0.240 bits per heavy atom. The van der Waals surface area contributed by atoms with E-state index in [9.17, 15) is 0 Å². The fraction of sp³-hybridized carbons (Fsp3) is 0.500. The van der Waals surface area contributed by atoms with Crippen LogP contribution < -0.4 is 59.7 Å². The van der Waals surface area contributed by atoms with Crippen LogP contribution in [0.2, 0.25) is 0 Å². The lowest BCUT2D eigenvalue weighted by atomic mass is 9.76. The summed E-state index contributed by atoms with van der Waals surface area (Å²) in [6, 6.07) is 32.6. The summed E-state index contributed by atoms with van der Waals surface area (Å²) in [7, 11) is -2.64. The molecule has 43 aliphatic rings. The van der Waals surface area contributed by atoms with E-state index in [0.717, 1.165) is 44.1 Å². The van der Waals surface area contributed by atoms with Gasteiger partial charge in [-0.25, -0.2) is 0 Å². The lowest BCUT2D eigenvalue weighted by molar-refractivity contribution is 0.0640. The largest absolute Gasteiger partial charge is 0.494 e. The molecule has 6 aromatic rings. The zero-order valence-corrected chi connectivity index (χ0v) is 55.6. The number of hydrogen-bond acceptors (Lipinski definition) is 20. The van der Waals surface area contributed by atoms with Crippen LogP contribution in [-0.2, 0) is 77.8 Å². The van der Waals surface area contributed by atoms with Crippen molar-refractivity contribution in [2.24, 2.45) is 0 Å². The van der Waals surface area contributed by atoms with Crippen LogP contribution in [0.15, 0.2) is 97.1 Å². The van der Waals surface area contributed by atoms with Crippen LogP contribution in [-0.4, -0.2) is 159 Å². The van der Waals surface area contributed by atoms with Crippen LogP contribution in [0.1, 0.15) is 124 Å². The Balaban J connectivity index is 0.661. The van der Waals surface area contributed by atoms with Crippen molar-refractivity contribution in [3.63, 3.8) is 0 Å². The molecule has 49 rings (SSSR count). The maximum absolute atomic E-state index is 6.97. The van der Waals surface area contributed by atoms with Crippen LogP contribution in [0.5, 0.6) is 46.0 Å². The molecule has 0 N–H and O–H groups in total. The fourth-order valence-electron chi connectivity index (χ4n) is 16.3. The summed E-state index contributed by atoms with van der Waals surface area (Å²) in [5.74, 6) is 4.47. The van der Waals surface area contributed by atoms with Crippen molar-refractivity contribution in [2.45, 2.75) is 126 Å². The zero-order valence-electron chi connectivity index (χ0n) is 55.6. The fourth-order valence-corrected chi connectivity index (χ4v) is 16.3. The maximum atomic E-state index is 6.97. The number of ether oxygens (including phenoxy) is 12. The first-order chi connectivity index (χ1) is 46.6. The van der Waals surface area contributed by atoms with Gasteiger partial charge in [-0.15, -0.1) is 0 Å². The van der Waals surface area contributed by atoms with Crippen LogP contribution >= 0.6 is 0 Å². The Bertz CT molecular complexity index is 3460. The molecule has 0 radical (unpaired) electrons. The van der Waals surface area contributed by atoms with Gasteiger partial charge in [-0.05, 0) is 115 Å². The molecule has 0 aromatic heterocycles. The molecule has 39 heterocycles. The molecule has 6 aromatic carbocycles. The molecule has 0 amide bonds. The van der Waals surface area contributed by atoms with Gasteiger partial charge in [-0.1, -0.05) is 104 Å². The molecule has 500 valence electrons. The van der Waals surface area contributed by atoms with Gasteiger partial charge in [0.05, 0.1) is 102 Å². The van der Waals surface area contributed by atoms with Gasteiger partial charge >= 0.3 is 28.5 Å². The summed E-state index contributed by atoms with van der Waals surface area (Å²) < 4.78 is 131. The van der Waals surface area contributed by atoms with Crippen molar-refractivity contribution in [1.29, 1.82) is 0 Å². The molecule has 4 saturated heterocycles. The summed E-state index contributed by atoms with van der Waals surface area (Å²) in [4.78, 5) is 0. The van der Waals surface area contributed by atoms with Gasteiger partial charge in [0.2, 0.25) is 0 Å². The number of rotatable bonds is 0. The molecule has 20 nitrogen and oxygen atoms in total. The van der Waals surface area contributed by atoms with Gasteiger partial charge in [0.1, 0.15) is 52.9 Å². The highest BCUT2D eigenvalue weighted by Gasteiger charge is 2.62. The average molecular weight is 1310 g/mol. The molecular formula is C72H80B4O20. The molecule has 96 heavy (non-hydrogen) atoms. The summed E-state index contributed by atoms with van der Waals surface area (Å²) in [5.41, 5.74) is 10.7. The van der Waals surface area contributed by atoms with Gasteiger partial charge in [0.15, 0.2) is 46.0 Å². The van der Waals surface area contributed by atoms with Gasteiger partial charge in [0, 0.05) is 21.7 Å². The van der Waals surface area contributed by atoms with E-state index in [1.165, 1.54) is 22.3 Å². The Morgan fingerprint density at radius 2 is 0.438 bits per heavy atom. The van der Waals surface area contributed by atoms with E-state index in [-0.39, 0.29) is 102 Å². The monoisotopic (exact) mass is 1310 g/mol. The minimum atomic E-state index is -0.661. The minimum absolute atomic E-state index is 0.260. The van der Waals surface area contributed by atoms with Crippen LogP contribution in [0.3, 0.4) is 0 Å². The number of benzene rings is 6. The maximum Gasteiger partial charge on any atom is 0.494 e. The Kier molecular flexibility index (Phi) is 16.2. The van der Waals surface area contributed by atoms with Gasteiger partial charge < -0.3 is 94.1 Å². The Hall–Kier alpha value is -6.50. The van der Waals surface area contributed by atoms with Crippen LogP contribution in [0.25, 0.3) is 0 Å². The lowest BCUT2D eigenvalue weighted by Gasteiger charge is -2.28. The summed E-state index contributed by atoms with van der Waals surface area (Å²) in [5, 5.41) is 0. The zero-order chi connectivity index (χ0) is 65.2. The van der Waals surface area contributed by atoms with Gasteiger partial charge in [-0.2, -0.15) is 0 Å². The second-order valence-electron chi connectivity index (χ2n) is 28.8. The third kappa shape index (κ3) is 10.9. The molecular weight excluding hydrogens is 1230 g/mol. The molecule has 4 aliphatic carbocycles. The average Bonchev–Trinajstić information content (AvgIpc) is 1.54. The second kappa shape index (κ2) is 24.7. The standard InChI is InChI=1S/C72H80B4O20/c1-69(2)49-37-46-50-38-45(49)61-65(69)93-73(89-61)41-9-13-53-57(33-41)85-29-21-77-18-26-83-55-15-11-43(35-59(55)87-31-23-78-17-25-81-53)75-91-63-47-39-52-48(40-51(47)71(5,6)67(63)95-75)64-68(72(52,7)8)96-76(92-64)44-12-16-56-60(36-44)88-32-24-80-19-27-82-54-14-10-42(34-58(54)86-30-22-79-20-28-84-56)74-90-62(46)66(94-74)70(50,3)4/h9-16,33-40,61-68H,17-32H2,1-8H3/t61-,62-,63-,64-,65-,66-,67-,68-/m0/s1. The third-order valence-corrected chi connectivity index (χ3v) is 21.4. The quantitative estimate of drug-likeness (QED) is 0.140. The van der Waals surface area contributed by atoms with Crippen molar-refractivity contribution in [3.05, 3.63) is 142 Å². The molecule has 0 saturated carbocycles. The minimum Gasteiger partial charge on any atom is -0.487 e. The summed E-state index contributed by atoms with van der Waals surface area (Å²) >= 11 is 0. The van der Waals surface area contributed by atoms with E-state index in [4.69, 9.17) is 94.1 Å². The molecule has 4 fully saturated rings. The molecule has 24 heteroatoms. The van der Waals surface area contributed by atoms with Crippen molar-refractivity contribution < 1.29 is 94.1 Å². The van der Waals surface area contributed by atoms with Crippen LogP contribution in [0, 0.1) is 0 Å². The molecule has 0 spiro atoms. The predicted octanol–water partition coefficient (Wildman–Crippen LogP) is 7.10. The topological polar surface area (TPSA) is 185 Å². The van der Waals surface area contributed by atoms with E-state index in [0.29, 0.717) is 98.9 Å². The van der Waals surface area contributed by atoms with Crippen molar-refractivity contribution in [2.75, 3.05) is 106 Å². The smallest absolute Gasteiger partial charge is 0.487 e. The van der Waals surface area contributed by atoms with Crippen molar-refractivity contribution in [3.8, 4) is 46.0 Å². The predicted molar refractivity (Wildman–Crippen MR) is 354 cm³/mol. The first-order valence-electron chi connectivity index (χ1n) is 34.1. The molecule has 8 atom stereocenters. The SMILES string of the molecule is CC1(C)c2cc3c4cc2[C@@H]2OB(O[C@@H]21)c1ccc2c(c1)OCCOCCOc1ccc(cc1OCCOCCO2)B1O[C@H]2c5cc6c(cc5C(C)(C)[C@H]2O1)[C@@H]1OB(O[C@@H]1C6(C)C)c1ccc2c(c1)OCCOCCOc1ccc(cc1OCCOCCO2)B1O[C@@H]3[C@H](O1)C4(C)C. The second-order valence-corrected chi connectivity index (χ2v) is 28.8. The van der Waals surface area contributed by atoms with Crippen molar-refractivity contribution in [1.82, 2.24) is 0 Å².